The molecule has 1 atom stereocenters. The van der Waals surface area contributed by atoms with Crippen molar-refractivity contribution in [3.63, 3.8) is 0 Å². The summed E-state index contributed by atoms with van der Waals surface area (Å²) >= 11 is 0. The van der Waals surface area contributed by atoms with E-state index in [0.29, 0.717) is 6.04 Å². The van der Waals surface area contributed by atoms with E-state index in [1.165, 1.54) is 25.7 Å². The van der Waals surface area contributed by atoms with Gasteiger partial charge in [-0.15, -0.1) is 0 Å². The van der Waals surface area contributed by atoms with Crippen molar-refractivity contribution in [3.8, 4) is 0 Å². The van der Waals surface area contributed by atoms with Gasteiger partial charge in [-0.2, -0.15) is 0 Å². The predicted octanol–water partition coefficient (Wildman–Crippen LogP) is 2.38. The molecule has 0 radical (unpaired) electrons. The minimum absolute atomic E-state index is 0.143. The molecule has 2 nitrogen and oxygen atoms in total. The minimum atomic E-state index is 0.143. The number of rotatable bonds is 2. The molecule has 1 fully saturated rings. The molecule has 68 valence electrons. The summed E-state index contributed by atoms with van der Waals surface area (Å²) in [6.45, 7) is 4.50. The van der Waals surface area contributed by atoms with Crippen LogP contribution in [0.5, 0.6) is 0 Å². The number of nitrogens with zero attached hydrogens (tertiary/aromatic N) is 1. The Bertz CT molecular complexity index is 194. The third kappa shape index (κ3) is 1.13. The maximum Gasteiger partial charge on any atom is 0.170 e. The van der Waals surface area contributed by atoms with Gasteiger partial charge in [-0.1, -0.05) is 13.8 Å². The fraction of sp³-hybridized carbons (Fsp3) is 0.900. The van der Waals surface area contributed by atoms with Crippen LogP contribution < -0.4 is 0 Å². The predicted molar refractivity (Wildman–Crippen MR) is 49.4 cm³/mol. The second-order valence-corrected chi connectivity index (χ2v) is 4.44. The van der Waals surface area contributed by atoms with Gasteiger partial charge in [-0.25, -0.2) is 0 Å². The molecule has 1 heterocycles. The SMILES string of the molecule is CC(C)C[C@H]1N=COC12CCC2. The van der Waals surface area contributed by atoms with Crippen molar-refractivity contribution in [1.82, 2.24) is 0 Å². The van der Waals surface area contributed by atoms with Crippen LogP contribution in [-0.2, 0) is 4.74 Å². The first-order chi connectivity index (χ1) is 5.73. The molecule has 0 saturated heterocycles. The van der Waals surface area contributed by atoms with Crippen molar-refractivity contribution in [3.05, 3.63) is 0 Å². The van der Waals surface area contributed by atoms with E-state index in [9.17, 15) is 0 Å². The molecule has 1 spiro atoms. The number of hydrogen-bond donors (Lipinski definition) is 0. The van der Waals surface area contributed by atoms with Crippen LogP contribution in [0, 0.1) is 5.92 Å². The van der Waals surface area contributed by atoms with Crippen LogP contribution in [0.25, 0.3) is 0 Å². The van der Waals surface area contributed by atoms with Crippen molar-refractivity contribution in [2.24, 2.45) is 10.9 Å². The van der Waals surface area contributed by atoms with Gasteiger partial charge < -0.3 is 4.74 Å². The Morgan fingerprint density at radius 1 is 1.58 bits per heavy atom. The van der Waals surface area contributed by atoms with E-state index < -0.39 is 0 Å². The van der Waals surface area contributed by atoms with Crippen molar-refractivity contribution >= 4 is 6.40 Å². The third-order valence-corrected chi connectivity index (χ3v) is 3.03. The highest BCUT2D eigenvalue weighted by Crippen LogP contribution is 2.43. The largest absolute Gasteiger partial charge is 0.475 e. The highest BCUT2D eigenvalue weighted by atomic mass is 16.5. The third-order valence-electron chi connectivity index (χ3n) is 3.03. The zero-order valence-corrected chi connectivity index (χ0v) is 7.92. The maximum absolute atomic E-state index is 5.60. The van der Waals surface area contributed by atoms with Crippen LogP contribution in [-0.4, -0.2) is 18.0 Å². The minimum Gasteiger partial charge on any atom is -0.475 e. The monoisotopic (exact) mass is 167 g/mol. The maximum atomic E-state index is 5.60. The van der Waals surface area contributed by atoms with E-state index in [0.717, 1.165) is 5.92 Å². The molecule has 0 unspecified atom stereocenters. The second kappa shape index (κ2) is 2.75. The van der Waals surface area contributed by atoms with Gasteiger partial charge in [0.1, 0.15) is 5.60 Å². The Balaban J connectivity index is 1.98. The van der Waals surface area contributed by atoms with Crippen LogP contribution in [0.2, 0.25) is 0 Å². The first kappa shape index (κ1) is 8.09. The molecular formula is C10H17NO. The van der Waals surface area contributed by atoms with Gasteiger partial charge >= 0.3 is 0 Å². The topological polar surface area (TPSA) is 21.6 Å². The highest BCUT2D eigenvalue weighted by molar-refractivity contribution is 5.52. The molecule has 1 aliphatic carbocycles. The fourth-order valence-electron chi connectivity index (χ4n) is 2.12. The first-order valence-corrected chi connectivity index (χ1v) is 4.92. The molecule has 0 aromatic heterocycles. The Morgan fingerprint density at radius 2 is 2.33 bits per heavy atom. The average molecular weight is 167 g/mol. The number of aliphatic imine (C=N–C) groups is 1. The Labute approximate surface area is 74.0 Å². The lowest BCUT2D eigenvalue weighted by Crippen LogP contribution is -2.46. The van der Waals surface area contributed by atoms with Crippen molar-refractivity contribution < 1.29 is 4.74 Å². The van der Waals surface area contributed by atoms with Crippen LogP contribution in [0.4, 0.5) is 0 Å². The van der Waals surface area contributed by atoms with Gasteiger partial charge in [0, 0.05) is 0 Å². The van der Waals surface area contributed by atoms with Crippen LogP contribution in [0.3, 0.4) is 0 Å². The van der Waals surface area contributed by atoms with E-state index >= 15 is 0 Å². The molecule has 0 N–H and O–H groups in total. The zero-order valence-electron chi connectivity index (χ0n) is 7.92. The summed E-state index contributed by atoms with van der Waals surface area (Å²) in [7, 11) is 0. The summed E-state index contributed by atoms with van der Waals surface area (Å²) in [6, 6.07) is 0.450. The molecular weight excluding hydrogens is 150 g/mol. The summed E-state index contributed by atoms with van der Waals surface area (Å²) in [6.07, 6.45) is 6.59. The molecule has 2 heteroatoms. The standard InChI is InChI=1S/C10H17NO/c1-8(2)6-9-10(4-3-5-10)12-7-11-9/h7-9H,3-6H2,1-2H3/t9-/m1/s1. The van der Waals surface area contributed by atoms with E-state index in [4.69, 9.17) is 4.74 Å². The molecule has 0 amide bonds. The van der Waals surface area contributed by atoms with Gasteiger partial charge in [-0.3, -0.25) is 4.99 Å². The summed E-state index contributed by atoms with van der Waals surface area (Å²) < 4.78 is 5.60. The van der Waals surface area contributed by atoms with Gasteiger partial charge in [0.15, 0.2) is 6.40 Å². The lowest BCUT2D eigenvalue weighted by atomic mass is 9.73. The Kier molecular flexibility index (Phi) is 1.85. The molecule has 2 rings (SSSR count). The van der Waals surface area contributed by atoms with Crippen LogP contribution in [0.15, 0.2) is 4.99 Å². The first-order valence-electron chi connectivity index (χ1n) is 4.92. The summed E-state index contributed by atoms with van der Waals surface area (Å²) in [4.78, 5) is 4.40. The quantitative estimate of drug-likeness (QED) is 0.618. The molecule has 0 aromatic carbocycles. The van der Waals surface area contributed by atoms with E-state index in [2.05, 4.69) is 18.8 Å². The molecule has 1 aliphatic heterocycles. The summed E-state index contributed by atoms with van der Waals surface area (Å²) in [5, 5.41) is 0. The van der Waals surface area contributed by atoms with Gasteiger partial charge in [0.2, 0.25) is 0 Å². The lowest BCUT2D eigenvalue weighted by molar-refractivity contribution is -0.0195. The highest BCUT2D eigenvalue weighted by Gasteiger charge is 2.48. The van der Waals surface area contributed by atoms with Gasteiger partial charge in [0.05, 0.1) is 6.04 Å². The molecule has 2 aliphatic rings. The van der Waals surface area contributed by atoms with E-state index in [1.807, 2.05) is 0 Å². The Hall–Kier alpha value is -0.530. The number of ether oxygens (including phenoxy) is 1. The Morgan fingerprint density at radius 3 is 2.83 bits per heavy atom. The lowest BCUT2D eigenvalue weighted by Gasteiger charge is -2.41. The smallest absolute Gasteiger partial charge is 0.170 e. The fourth-order valence-corrected chi connectivity index (χ4v) is 2.12. The molecule has 0 aromatic rings. The molecule has 12 heavy (non-hydrogen) atoms. The molecule has 1 saturated carbocycles. The van der Waals surface area contributed by atoms with Gasteiger partial charge in [-0.05, 0) is 31.6 Å². The summed E-state index contributed by atoms with van der Waals surface area (Å²) in [5.41, 5.74) is 0.143. The molecule has 0 bridgehead atoms. The average Bonchev–Trinajstić information content (AvgIpc) is 2.28. The zero-order chi connectivity index (χ0) is 8.60. The van der Waals surface area contributed by atoms with Crippen LogP contribution in [0.1, 0.15) is 39.5 Å². The van der Waals surface area contributed by atoms with Crippen molar-refractivity contribution in [2.75, 3.05) is 0 Å². The van der Waals surface area contributed by atoms with Crippen molar-refractivity contribution in [2.45, 2.75) is 51.2 Å². The van der Waals surface area contributed by atoms with E-state index in [-0.39, 0.29) is 5.60 Å². The van der Waals surface area contributed by atoms with Crippen molar-refractivity contribution in [1.29, 1.82) is 0 Å². The van der Waals surface area contributed by atoms with Gasteiger partial charge in [0.25, 0.3) is 0 Å². The summed E-state index contributed by atoms with van der Waals surface area (Å²) in [5.74, 6) is 0.728. The normalized spacial score (nSPS) is 30.8. The number of hydrogen-bond acceptors (Lipinski definition) is 2. The second-order valence-electron chi connectivity index (χ2n) is 4.44. The van der Waals surface area contributed by atoms with E-state index in [1.54, 1.807) is 6.40 Å². The van der Waals surface area contributed by atoms with Crippen LogP contribution >= 0.6 is 0 Å².